The fourth-order valence-corrected chi connectivity index (χ4v) is 4.18. The normalized spacial score (nSPS) is 16.0. The Morgan fingerprint density at radius 2 is 1.97 bits per heavy atom. The zero-order chi connectivity index (χ0) is 23.7. The summed E-state index contributed by atoms with van der Waals surface area (Å²) >= 11 is 0. The van der Waals surface area contributed by atoms with Gasteiger partial charge in [-0.1, -0.05) is 18.1 Å². The van der Waals surface area contributed by atoms with E-state index in [2.05, 4.69) is 16.8 Å². The first kappa shape index (κ1) is 22.4. The maximum atomic E-state index is 13.5. The summed E-state index contributed by atoms with van der Waals surface area (Å²) in [5, 5.41) is 9.09. The lowest BCUT2D eigenvalue weighted by molar-refractivity contribution is 0.0697. The van der Waals surface area contributed by atoms with Crippen molar-refractivity contribution in [2.45, 2.75) is 38.9 Å². The molecule has 1 aliphatic heterocycles. The third kappa shape index (κ3) is 4.15. The summed E-state index contributed by atoms with van der Waals surface area (Å²) < 4.78 is 4.27. The quantitative estimate of drug-likeness (QED) is 0.545. The second-order valence-electron chi connectivity index (χ2n) is 8.18. The number of rotatable bonds is 5. The van der Waals surface area contributed by atoms with Gasteiger partial charge in [0.2, 0.25) is 5.95 Å². The van der Waals surface area contributed by atoms with Crippen molar-refractivity contribution in [1.82, 2.24) is 18.7 Å². The van der Waals surface area contributed by atoms with Gasteiger partial charge in [0.25, 0.3) is 5.56 Å². The van der Waals surface area contributed by atoms with Crippen molar-refractivity contribution < 1.29 is 9.90 Å². The molecule has 0 amide bonds. The van der Waals surface area contributed by atoms with Gasteiger partial charge in [0.05, 0.1) is 18.7 Å². The number of aryl methyl sites for hydroxylation is 1. The average Bonchev–Trinajstić information content (AvgIpc) is 3.19. The molecule has 2 aromatic heterocycles. The van der Waals surface area contributed by atoms with Crippen LogP contribution in [-0.4, -0.2) is 48.9 Å². The van der Waals surface area contributed by atoms with Gasteiger partial charge in [0.1, 0.15) is 0 Å². The fourth-order valence-electron chi connectivity index (χ4n) is 4.18. The van der Waals surface area contributed by atoms with E-state index in [-0.39, 0.29) is 24.7 Å². The summed E-state index contributed by atoms with van der Waals surface area (Å²) in [7, 11) is 1.59. The number of aromatic nitrogens is 4. The molecule has 172 valence electrons. The number of carboxylic acid groups (broad SMARTS) is 1. The number of aromatic carboxylic acids is 1. The van der Waals surface area contributed by atoms with E-state index >= 15 is 0 Å². The molecule has 0 unspecified atom stereocenters. The summed E-state index contributed by atoms with van der Waals surface area (Å²) in [6.45, 7) is 3.37. The van der Waals surface area contributed by atoms with Crippen LogP contribution in [0.5, 0.6) is 0 Å². The van der Waals surface area contributed by atoms with Gasteiger partial charge in [-0.3, -0.25) is 18.5 Å². The van der Waals surface area contributed by atoms with Gasteiger partial charge < -0.3 is 15.7 Å². The van der Waals surface area contributed by atoms with Crippen molar-refractivity contribution in [3.05, 3.63) is 56.2 Å². The number of piperidine rings is 1. The number of imidazole rings is 1. The van der Waals surface area contributed by atoms with Crippen LogP contribution in [0.1, 0.15) is 35.7 Å². The highest BCUT2D eigenvalue weighted by atomic mass is 16.4. The van der Waals surface area contributed by atoms with Crippen molar-refractivity contribution in [2.24, 2.45) is 12.8 Å². The maximum absolute atomic E-state index is 13.5. The molecular formula is C23H26N6O4. The first-order chi connectivity index (χ1) is 15.8. The minimum absolute atomic E-state index is 0.00983. The van der Waals surface area contributed by atoms with E-state index in [0.29, 0.717) is 29.2 Å². The molecule has 1 fully saturated rings. The molecular weight excluding hydrogens is 424 g/mol. The van der Waals surface area contributed by atoms with Crippen LogP contribution in [0.4, 0.5) is 5.95 Å². The number of benzene rings is 1. The van der Waals surface area contributed by atoms with E-state index in [9.17, 15) is 14.4 Å². The van der Waals surface area contributed by atoms with Crippen LogP contribution in [0.3, 0.4) is 0 Å². The smallest absolute Gasteiger partial charge is 0.335 e. The Kier molecular flexibility index (Phi) is 6.07. The molecule has 1 aliphatic rings. The average molecular weight is 450 g/mol. The van der Waals surface area contributed by atoms with E-state index in [1.165, 1.54) is 16.7 Å². The molecule has 33 heavy (non-hydrogen) atoms. The molecule has 10 nitrogen and oxygen atoms in total. The number of nitrogens with zero attached hydrogens (tertiary/aromatic N) is 5. The van der Waals surface area contributed by atoms with E-state index < -0.39 is 17.2 Å². The molecule has 0 aliphatic carbocycles. The minimum atomic E-state index is -1.04. The molecule has 3 N–H and O–H groups in total. The highest BCUT2D eigenvalue weighted by molar-refractivity contribution is 5.87. The van der Waals surface area contributed by atoms with E-state index in [1.54, 1.807) is 30.7 Å². The Morgan fingerprint density at radius 3 is 2.61 bits per heavy atom. The molecule has 4 rings (SSSR count). The molecule has 1 aromatic carbocycles. The van der Waals surface area contributed by atoms with Gasteiger partial charge >= 0.3 is 11.7 Å². The van der Waals surface area contributed by atoms with Crippen LogP contribution in [-0.2, 0) is 20.1 Å². The summed E-state index contributed by atoms with van der Waals surface area (Å²) in [5.74, 6) is 5.40. The summed E-state index contributed by atoms with van der Waals surface area (Å²) in [5.41, 5.74) is 6.58. The molecule has 3 aromatic rings. The highest BCUT2D eigenvalue weighted by Gasteiger charge is 2.26. The SMILES string of the molecule is CC#CCn1c(N2CCC[C@@H](N)C2)nc2c1c(=O)n(Cc1ccc(C(=O)O)cc1)c(=O)n2C. The van der Waals surface area contributed by atoms with Gasteiger partial charge in [-0.25, -0.2) is 9.59 Å². The van der Waals surface area contributed by atoms with Gasteiger partial charge in [-0.15, -0.1) is 5.92 Å². The number of carbonyl (C=O) groups is 1. The number of nitrogens with two attached hydrogens (primary N) is 1. The standard InChI is InChI=1S/C23H26N6O4/c1-3-4-12-28-18-19(25-22(28)27-11-5-6-17(24)14-27)26(2)23(33)29(20(18)30)13-15-7-9-16(10-8-15)21(31)32/h7-10,17H,5-6,11-14,24H2,1-2H3,(H,31,32)/t17-/m1/s1. The number of hydrogen-bond donors (Lipinski definition) is 2. The van der Waals surface area contributed by atoms with Gasteiger partial charge in [0.15, 0.2) is 11.2 Å². The number of fused-ring (bicyclic) bond motifs is 1. The van der Waals surface area contributed by atoms with Crippen molar-refractivity contribution in [3.8, 4) is 11.8 Å². The van der Waals surface area contributed by atoms with E-state index in [4.69, 9.17) is 10.8 Å². The Bertz CT molecular complexity index is 1390. The Labute approximate surface area is 189 Å². The molecule has 0 radical (unpaired) electrons. The number of anilines is 1. The second-order valence-corrected chi connectivity index (χ2v) is 8.18. The Morgan fingerprint density at radius 1 is 1.24 bits per heavy atom. The lowest BCUT2D eigenvalue weighted by Gasteiger charge is -2.31. The molecule has 0 saturated carbocycles. The second kappa shape index (κ2) is 8.96. The third-order valence-electron chi connectivity index (χ3n) is 5.91. The molecule has 1 saturated heterocycles. The summed E-state index contributed by atoms with van der Waals surface area (Å²) in [6.07, 6.45) is 1.84. The monoisotopic (exact) mass is 450 g/mol. The number of hydrogen-bond acceptors (Lipinski definition) is 6. The van der Waals surface area contributed by atoms with Crippen LogP contribution in [0, 0.1) is 11.8 Å². The van der Waals surface area contributed by atoms with E-state index in [0.717, 1.165) is 24.0 Å². The Hall–Kier alpha value is -3.84. The number of carboxylic acids is 1. The summed E-state index contributed by atoms with van der Waals surface area (Å²) in [6, 6.07) is 6.10. The van der Waals surface area contributed by atoms with Crippen molar-refractivity contribution in [1.29, 1.82) is 0 Å². The maximum Gasteiger partial charge on any atom is 0.335 e. The van der Waals surface area contributed by atoms with Gasteiger partial charge in [-0.05, 0) is 37.5 Å². The predicted octanol–water partition coefficient (Wildman–Crippen LogP) is 0.594. The topological polar surface area (TPSA) is 128 Å². The van der Waals surface area contributed by atoms with E-state index in [1.807, 2.05) is 4.90 Å². The zero-order valence-electron chi connectivity index (χ0n) is 18.6. The lowest BCUT2D eigenvalue weighted by atomic mass is 10.1. The van der Waals surface area contributed by atoms with Crippen molar-refractivity contribution >= 4 is 23.1 Å². The largest absolute Gasteiger partial charge is 0.478 e. The molecule has 1 atom stereocenters. The lowest BCUT2D eigenvalue weighted by Crippen LogP contribution is -2.44. The van der Waals surface area contributed by atoms with Crippen LogP contribution >= 0.6 is 0 Å². The molecule has 0 bridgehead atoms. The van der Waals surface area contributed by atoms with Crippen LogP contribution < -0.4 is 21.9 Å². The predicted molar refractivity (Wildman–Crippen MR) is 125 cm³/mol. The van der Waals surface area contributed by atoms with Crippen LogP contribution in [0.25, 0.3) is 11.2 Å². The van der Waals surface area contributed by atoms with Crippen molar-refractivity contribution in [2.75, 3.05) is 18.0 Å². The first-order valence-corrected chi connectivity index (χ1v) is 10.7. The zero-order valence-corrected chi connectivity index (χ0v) is 18.6. The van der Waals surface area contributed by atoms with Crippen molar-refractivity contribution in [3.63, 3.8) is 0 Å². The highest BCUT2D eigenvalue weighted by Crippen LogP contribution is 2.22. The molecule has 0 spiro atoms. The molecule has 3 heterocycles. The Balaban J connectivity index is 1.87. The van der Waals surface area contributed by atoms with Crippen LogP contribution in [0.2, 0.25) is 0 Å². The minimum Gasteiger partial charge on any atom is -0.478 e. The third-order valence-corrected chi connectivity index (χ3v) is 5.91. The van der Waals surface area contributed by atoms with Gasteiger partial charge in [-0.2, -0.15) is 4.98 Å². The summed E-state index contributed by atoms with van der Waals surface area (Å²) in [4.78, 5) is 44.4. The first-order valence-electron chi connectivity index (χ1n) is 10.7. The fraction of sp³-hybridized carbons (Fsp3) is 0.391. The van der Waals surface area contributed by atoms with Crippen LogP contribution in [0.15, 0.2) is 33.9 Å². The molecule has 10 heteroatoms. The van der Waals surface area contributed by atoms with Gasteiger partial charge in [0, 0.05) is 26.2 Å².